The van der Waals surface area contributed by atoms with E-state index in [1.807, 2.05) is 6.92 Å². The lowest BCUT2D eigenvalue weighted by Gasteiger charge is -2.35. The number of nitrogens with zero attached hydrogens (tertiary/aromatic N) is 3. The standard InChI is InChI=1S/C21H30N4O2S/c1-3-15-8-4-5-11-24(15)12-7-10-22-19(26)18-14(2)17-20(28-18)23-16-9-6-13-25(16)21(17)27/h15H,3-13H2,1-2H3,(H,22,26)/t15-/m0/s1. The molecule has 152 valence electrons. The van der Waals surface area contributed by atoms with Crippen LogP contribution in [0.1, 0.15) is 66.5 Å². The highest BCUT2D eigenvalue weighted by molar-refractivity contribution is 7.20. The monoisotopic (exact) mass is 402 g/mol. The third kappa shape index (κ3) is 3.62. The number of nitrogens with one attached hydrogen (secondary N) is 1. The van der Waals surface area contributed by atoms with Crippen LogP contribution < -0.4 is 10.9 Å². The van der Waals surface area contributed by atoms with E-state index in [9.17, 15) is 9.59 Å². The normalized spacial score (nSPS) is 19.9. The summed E-state index contributed by atoms with van der Waals surface area (Å²) in [6.07, 6.45) is 7.92. The summed E-state index contributed by atoms with van der Waals surface area (Å²) in [7, 11) is 0. The quantitative estimate of drug-likeness (QED) is 0.754. The summed E-state index contributed by atoms with van der Waals surface area (Å²) in [5.74, 6) is 0.786. The van der Waals surface area contributed by atoms with Gasteiger partial charge in [0.2, 0.25) is 0 Å². The van der Waals surface area contributed by atoms with Gasteiger partial charge in [-0.05, 0) is 51.1 Å². The number of amides is 1. The zero-order valence-corrected chi connectivity index (χ0v) is 17.7. The number of carbonyl (C=O) groups is 1. The molecule has 6 nitrogen and oxygen atoms in total. The Morgan fingerprint density at radius 3 is 2.96 bits per heavy atom. The average molecular weight is 403 g/mol. The molecule has 0 saturated carbocycles. The van der Waals surface area contributed by atoms with Crippen molar-refractivity contribution in [2.75, 3.05) is 19.6 Å². The van der Waals surface area contributed by atoms with Gasteiger partial charge < -0.3 is 10.2 Å². The number of aromatic nitrogens is 2. The van der Waals surface area contributed by atoms with Crippen molar-refractivity contribution in [3.63, 3.8) is 0 Å². The molecule has 2 aliphatic rings. The molecule has 1 fully saturated rings. The van der Waals surface area contributed by atoms with Crippen molar-refractivity contribution in [1.82, 2.24) is 19.8 Å². The summed E-state index contributed by atoms with van der Waals surface area (Å²) in [6.45, 7) is 7.77. The van der Waals surface area contributed by atoms with Gasteiger partial charge in [-0.3, -0.25) is 14.2 Å². The van der Waals surface area contributed by atoms with Crippen LogP contribution in [0.5, 0.6) is 0 Å². The third-order valence-electron chi connectivity index (χ3n) is 6.25. The second-order valence-electron chi connectivity index (χ2n) is 8.03. The minimum atomic E-state index is -0.0734. The summed E-state index contributed by atoms with van der Waals surface area (Å²) < 4.78 is 1.77. The molecule has 0 aromatic carbocycles. The fourth-order valence-electron chi connectivity index (χ4n) is 4.67. The van der Waals surface area contributed by atoms with Crippen LogP contribution in [0, 0.1) is 6.92 Å². The van der Waals surface area contributed by atoms with Gasteiger partial charge in [-0.2, -0.15) is 0 Å². The molecular formula is C21H30N4O2S. The molecule has 4 heterocycles. The molecule has 1 atom stereocenters. The molecule has 1 amide bonds. The Balaban J connectivity index is 1.40. The molecule has 2 aromatic rings. The van der Waals surface area contributed by atoms with E-state index in [0.29, 0.717) is 27.7 Å². The molecule has 2 aromatic heterocycles. The Hall–Kier alpha value is -1.73. The van der Waals surface area contributed by atoms with Crippen molar-refractivity contribution >= 4 is 27.5 Å². The van der Waals surface area contributed by atoms with Gasteiger partial charge in [0.15, 0.2) is 0 Å². The van der Waals surface area contributed by atoms with Crippen LogP contribution in [-0.2, 0) is 13.0 Å². The van der Waals surface area contributed by atoms with E-state index in [1.165, 1.54) is 43.6 Å². The Morgan fingerprint density at radius 2 is 2.14 bits per heavy atom. The Bertz CT molecular complexity index is 933. The van der Waals surface area contributed by atoms with Crippen LogP contribution in [0.4, 0.5) is 0 Å². The van der Waals surface area contributed by atoms with E-state index in [2.05, 4.69) is 22.1 Å². The minimum absolute atomic E-state index is 0.0148. The molecule has 2 aliphatic heterocycles. The first-order chi connectivity index (χ1) is 13.6. The summed E-state index contributed by atoms with van der Waals surface area (Å²) in [5, 5.41) is 3.68. The van der Waals surface area contributed by atoms with Crippen LogP contribution in [-0.4, -0.2) is 46.0 Å². The predicted molar refractivity (Wildman–Crippen MR) is 113 cm³/mol. The van der Waals surface area contributed by atoms with Crippen molar-refractivity contribution in [2.24, 2.45) is 0 Å². The van der Waals surface area contributed by atoms with Crippen LogP contribution in [0.3, 0.4) is 0 Å². The predicted octanol–water partition coefficient (Wildman–Crippen LogP) is 3.10. The number of hydrogen-bond donors (Lipinski definition) is 1. The maximum absolute atomic E-state index is 12.8. The number of piperidine rings is 1. The van der Waals surface area contributed by atoms with Crippen molar-refractivity contribution in [3.8, 4) is 0 Å². The average Bonchev–Trinajstić information content (AvgIpc) is 3.30. The molecule has 28 heavy (non-hydrogen) atoms. The fourth-order valence-corrected chi connectivity index (χ4v) is 5.78. The first-order valence-electron chi connectivity index (χ1n) is 10.6. The maximum atomic E-state index is 12.8. The lowest BCUT2D eigenvalue weighted by atomic mass is 10.00. The number of carbonyl (C=O) groups excluding carboxylic acids is 1. The van der Waals surface area contributed by atoms with Crippen LogP contribution in [0.15, 0.2) is 4.79 Å². The second-order valence-corrected chi connectivity index (χ2v) is 9.03. The van der Waals surface area contributed by atoms with Gasteiger partial charge in [0, 0.05) is 32.1 Å². The summed E-state index contributed by atoms with van der Waals surface area (Å²) in [5.41, 5.74) is 0.792. The minimum Gasteiger partial charge on any atom is -0.351 e. The molecule has 0 spiro atoms. The molecule has 1 saturated heterocycles. The van der Waals surface area contributed by atoms with E-state index in [-0.39, 0.29) is 11.5 Å². The SMILES string of the molecule is CC[C@H]1CCCCN1CCCNC(=O)c1sc2nc3n(c(=O)c2c1C)CCC3. The number of hydrogen-bond acceptors (Lipinski definition) is 5. The third-order valence-corrected chi connectivity index (χ3v) is 7.43. The lowest BCUT2D eigenvalue weighted by Crippen LogP contribution is -2.40. The number of rotatable bonds is 6. The summed E-state index contributed by atoms with van der Waals surface area (Å²) >= 11 is 1.36. The largest absolute Gasteiger partial charge is 0.351 e. The van der Waals surface area contributed by atoms with Crippen molar-refractivity contribution < 1.29 is 4.79 Å². The first kappa shape index (κ1) is 19.6. The Labute approximate surface area is 169 Å². The highest BCUT2D eigenvalue weighted by Crippen LogP contribution is 2.28. The molecule has 0 unspecified atom stereocenters. The Kier molecular flexibility index (Phi) is 5.83. The van der Waals surface area contributed by atoms with Gasteiger partial charge in [0.1, 0.15) is 10.7 Å². The van der Waals surface area contributed by atoms with E-state index in [1.54, 1.807) is 4.57 Å². The zero-order valence-electron chi connectivity index (χ0n) is 16.9. The molecular weight excluding hydrogens is 372 g/mol. The molecule has 4 rings (SSSR count). The van der Waals surface area contributed by atoms with Crippen LogP contribution in [0.2, 0.25) is 0 Å². The summed E-state index contributed by atoms with van der Waals surface area (Å²) in [4.78, 5) is 34.1. The highest BCUT2D eigenvalue weighted by Gasteiger charge is 2.23. The van der Waals surface area contributed by atoms with E-state index < -0.39 is 0 Å². The number of fused-ring (bicyclic) bond motifs is 2. The number of aryl methyl sites for hydroxylation is 2. The Morgan fingerprint density at radius 1 is 1.29 bits per heavy atom. The van der Waals surface area contributed by atoms with Crippen molar-refractivity contribution in [3.05, 3.63) is 26.6 Å². The first-order valence-corrected chi connectivity index (χ1v) is 11.5. The van der Waals surface area contributed by atoms with Crippen LogP contribution in [0.25, 0.3) is 10.2 Å². The topological polar surface area (TPSA) is 67.2 Å². The molecule has 0 aliphatic carbocycles. The van der Waals surface area contributed by atoms with Crippen LogP contribution >= 0.6 is 11.3 Å². The lowest BCUT2D eigenvalue weighted by molar-refractivity contribution is 0.0951. The zero-order chi connectivity index (χ0) is 19.7. The van der Waals surface area contributed by atoms with E-state index in [0.717, 1.165) is 43.7 Å². The smallest absolute Gasteiger partial charge is 0.262 e. The van der Waals surface area contributed by atoms with Gasteiger partial charge >= 0.3 is 0 Å². The van der Waals surface area contributed by atoms with E-state index in [4.69, 9.17) is 0 Å². The number of likely N-dealkylation sites (tertiary alicyclic amines) is 1. The second kappa shape index (κ2) is 8.33. The maximum Gasteiger partial charge on any atom is 0.262 e. The molecule has 0 bridgehead atoms. The van der Waals surface area contributed by atoms with Gasteiger partial charge in [0.25, 0.3) is 11.5 Å². The number of thiophene rings is 1. The molecule has 1 N–H and O–H groups in total. The van der Waals surface area contributed by atoms with Gasteiger partial charge in [-0.25, -0.2) is 4.98 Å². The molecule has 7 heteroatoms. The fraction of sp³-hybridized carbons (Fsp3) is 0.667. The van der Waals surface area contributed by atoms with Gasteiger partial charge in [-0.15, -0.1) is 11.3 Å². The highest BCUT2D eigenvalue weighted by atomic mass is 32.1. The summed E-state index contributed by atoms with van der Waals surface area (Å²) in [6, 6.07) is 0.704. The molecule has 0 radical (unpaired) electrons. The van der Waals surface area contributed by atoms with E-state index >= 15 is 0 Å². The van der Waals surface area contributed by atoms with Crippen molar-refractivity contribution in [2.45, 2.75) is 71.4 Å². The van der Waals surface area contributed by atoms with Crippen molar-refractivity contribution in [1.29, 1.82) is 0 Å². The van der Waals surface area contributed by atoms with Gasteiger partial charge in [-0.1, -0.05) is 13.3 Å². The van der Waals surface area contributed by atoms with Gasteiger partial charge in [0.05, 0.1) is 10.3 Å².